The highest BCUT2D eigenvalue weighted by atomic mass is 16.5. The first-order valence-corrected chi connectivity index (χ1v) is 7.98. The average molecular weight is 336 g/mol. The van der Waals surface area contributed by atoms with Gasteiger partial charge in [-0.2, -0.15) is 0 Å². The van der Waals surface area contributed by atoms with Crippen LogP contribution >= 0.6 is 0 Å². The van der Waals surface area contributed by atoms with E-state index in [1.807, 2.05) is 44.2 Å². The fourth-order valence-electron chi connectivity index (χ4n) is 2.65. The first-order valence-electron chi connectivity index (χ1n) is 7.98. The van der Waals surface area contributed by atoms with Crippen molar-refractivity contribution in [3.8, 4) is 17.2 Å². The zero-order valence-electron chi connectivity index (χ0n) is 14.6. The third-order valence-corrected chi connectivity index (χ3v) is 3.82. The van der Waals surface area contributed by atoms with Crippen molar-refractivity contribution in [2.75, 3.05) is 13.7 Å². The van der Waals surface area contributed by atoms with Crippen LogP contribution in [0.25, 0.3) is 6.08 Å². The van der Waals surface area contributed by atoms with Gasteiger partial charge in [0.15, 0.2) is 5.76 Å². The molecule has 0 saturated heterocycles. The Morgan fingerprint density at radius 1 is 1.24 bits per heavy atom. The maximum Gasteiger partial charge on any atom is 0.232 e. The molecule has 0 amide bonds. The van der Waals surface area contributed by atoms with E-state index in [0.29, 0.717) is 29.4 Å². The van der Waals surface area contributed by atoms with Gasteiger partial charge in [0, 0.05) is 6.07 Å². The van der Waals surface area contributed by atoms with E-state index in [0.717, 1.165) is 22.4 Å². The number of ketones is 1. The summed E-state index contributed by atoms with van der Waals surface area (Å²) in [6.45, 7) is 8.02. The molecule has 1 heterocycles. The molecule has 0 unspecified atom stereocenters. The Morgan fingerprint density at radius 2 is 2.04 bits per heavy atom. The van der Waals surface area contributed by atoms with Gasteiger partial charge in [-0.25, -0.2) is 0 Å². The van der Waals surface area contributed by atoms with Crippen LogP contribution < -0.4 is 14.2 Å². The van der Waals surface area contributed by atoms with Crippen molar-refractivity contribution in [3.05, 3.63) is 71.0 Å². The highest BCUT2D eigenvalue weighted by Gasteiger charge is 2.30. The number of aryl methyl sites for hydroxylation is 1. The molecule has 0 N–H and O–H groups in total. The van der Waals surface area contributed by atoms with Crippen molar-refractivity contribution in [2.24, 2.45) is 0 Å². The van der Waals surface area contributed by atoms with Crippen LogP contribution in [0, 0.1) is 6.92 Å². The van der Waals surface area contributed by atoms with E-state index < -0.39 is 0 Å². The lowest BCUT2D eigenvalue weighted by Gasteiger charge is -2.08. The molecule has 0 radical (unpaired) electrons. The molecule has 1 aliphatic rings. The molecule has 0 aliphatic carbocycles. The van der Waals surface area contributed by atoms with Gasteiger partial charge in [-0.3, -0.25) is 4.79 Å². The van der Waals surface area contributed by atoms with Crippen LogP contribution in [-0.2, 0) is 0 Å². The Balaban J connectivity index is 1.90. The number of rotatable bonds is 5. The third kappa shape index (κ3) is 3.58. The molecule has 0 atom stereocenters. The van der Waals surface area contributed by atoms with Gasteiger partial charge in [0.2, 0.25) is 5.78 Å². The Morgan fingerprint density at radius 3 is 2.76 bits per heavy atom. The van der Waals surface area contributed by atoms with Crippen molar-refractivity contribution in [1.82, 2.24) is 0 Å². The van der Waals surface area contributed by atoms with Crippen LogP contribution in [0.2, 0.25) is 0 Å². The van der Waals surface area contributed by atoms with Crippen LogP contribution in [0.15, 0.2) is 54.3 Å². The molecule has 3 rings (SSSR count). The number of allylic oxidation sites excluding steroid dienone is 1. The molecular weight excluding hydrogens is 316 g/mol. The van der Waals surface area contributed by atoms with Crippen LogP contribution in [0.5, 0.6) is 17.2 Å². The molecule has 2 aromatic rings. The topological polar surface area (TPSA) is 44.8 Å². The second-order valence-electron chi connectivity index (χ2n) is 6.08. The summed E-state index contributed by atoms with van der Waals surface area (Å²) in [6.07, 6.45) is 1.72. The predicted molar refractivity (Wildman–Crippen MR) is 97.4 cm³/mol. The molecule has 25 heavy (non-hydrogen) atoms. The predicted octanol–water partition coefficient (Wildman–Crippen LogP) is 4.57. The molecule has 0 aromatic heterocycles. The molecular formula is C21H20O4. The maximum absolute atomic E-state index is 12.7. The molecule has 0 fully saturated rings. The summed E-state index contributed by atoms with van der Waals surface area (Å²) < 4.78 is 16.7. The van der Waals surface area contributed by atoms with E-state index in [1.165, 1.54) is 0 Å². The number of carbonyl (C=O) groups excluding carboxylic acids is 1. The number of Topliss-reactive ketones (excluding diaryl/α,β-unsaturated/α-hetero) is 1. The normalized spacial score (nSPS) is 14.2. The summed E-state index contributed by atoms with van der Waals surface area (Å²) in [4.78, 5) is 12.7. The smallest absolute Gasteiger partial charge is 0.232 e. The SMILES string of the molecule is C=C(C)COc1cc(C)c2c(c1)O/C(=C\c1cccc(OC)c1)C2=O. The van der Waals surface area contributed by atoms with Crippen LogP contribution in [0.4, 0.5) is 0 Å². The fourth-order valence-corrected chi connectivity index (χ4v) is 2.65. The van der Waals surface area contributed by atoms with Crippen molar-refractivity contribution < 1.29 is 19.0 Å². The number of carbonyl (C=O) groups is 1. The fraction of sp³-hybridized carbons (Fsp3) is 0.190. The Bertz CT molecular complexity index is 877. The number of fused-ring (bicyclic) bond motifs is 1. The minimum Gasteiger partial charge on any atom is -0.497 e. The van der Waals surface area contributed by atoms with E-state index >= 15 is 0 Å². The molecule has 0 bridgehead atoms. The number of hydrogen-bond acceptors (Lipinski definition) is 4. The molecule has 4 nitrogen and oxygen atoms in total. The van der Waals surface area contributed by atoms with Gasteiger partial charge in [0.1, 0.15) is 23.9 Å². The Kier molecular flexibility index (Phi) is 4.61. The van der Waals surface area contributed by atoms with Crippen molar-refractivity contribution in [2.45, 2.75) is 13.8 Å². The molecule has 128 valence electrons. The standard InChI is InChI=1S/C21H20O4/c1-13(2)12-24-17-8-14(3)20-18(11-17)25-19(21(20)22)10-15-6-5-7-16(9-15)23-4/h5-11H,1,12H2,2-4H3/b19-10-. The average Bonchev–Trinajstić information content (AvgIpc) is 2.89. The summed E-state index contributed by atoms with van der Waals surface area (Å²) >= 11 is 0. The van der Waals surface area contributed by atoms with E-state index in [-0.39, 0.29) is 5.78 Å². The van der Waals surface area contributed by atoms with Crippen molar-refractivity contribution in [1.29, 1.82) is 0 Å². The van der Waals surface area contributed by atoms with Crippen LogP contribution in [-0.4, -0.2) is 19.5 Å². The van der Waals surface area contributed by atoms with Crippen LogP contribution in [0.1, 0.15) is 28.4 Å². The highest BCUT2D eigenvalue weighted by Crippen LogP contribution is 2.37. The van der Waals surface area contributed by atoms with Gasteiger partial charge >= 0.3 is 0 Å². The van der Waals surface area contributed by atoms with Gasteiger partial charge in [0.05, 0.1) is 12.7 Å². The molecule has 0 spiro atoms. The Labute approximate surface area is 147 Å². The monoisotopic (exact) mass is 336 g/mol. The summed E-state index contributed by atoms with van der Waals surface area (Å²) in [7, 11) is 1.61. The third-order valence-electron chi connectivity index (χ3n) is 3.82. The maximum atomic E-state index is 12.7. The minimum absolute atomic E-state index is 0.123. The lowest BCUT2D eigenvalue weighted by atomic mass is 10.0. The Hall–Kier alpha value is -3.01. The lowest BCUT2D eigenvalue weighted by Crippen LogP contribution is -2.00. The second-order valence-corrected chi connectivity index (χ2v) is 6.08. The lowest BCUT2D eigenvalue weighted by molar-refractivity contribution is 0.101. The van der Waals surface area contributed by atoms with Gasteiger partial charge in [0.25, 0.3) is 0 Å². The molecule has 0 saturated carbocycles. The van der Waals surface area contributed by atoms with Gasteiger partial charge in [-0.05, 0) is 54.8 Å². The van der Waals surface area contributed by atoms with Gasteiger partial charge in [-0.1, -0.05) is 18.7 Å². The summed E-state index contributed by atoms with van der Waals surface area (Å²) in [5.41, 5.74) is 3.17. The summed E-state index contributed by atoms with van der Waals surface area (Å²) in [5, 5.41) is 0. The molecule has 1 aliphatic heterocycles. The number of ether oxygens (including phenoxy) is 3. The zero-order valence-corrected chi connectivity index (χ0v) is 14.6. The largest absolute Gasteiger partial charge is 0.497 e. The summed E-state index contributed by atoms with van der Waals surface area (Å²) in [6, 6.07) is 11.0. The first kappa shape index (κ1) is 16.8. The van der Waals surface area contributed by atoms with Crippen LogP contribution in [0.3, 0.4) is 0 Å². The number of hydrogen-bond donors (Lipinski definition) is 0. The second kappa shape index (κ2) is 6.85. The van der Waals surface area contributed by atoms with Crippen molar-refractivity contribution in [3.63, 3.8) is 0 Å². The minimum atomic E-state index is -0.123. The van der Waals surface area contributed by atoms with E-state index in [2.05, 4.69) is 6.58 Å². The van der Waals surface area contributed by atoms with Gasteiger partial charge < -0.3 is 14.2 Å². The quantitative estimate of drug-likeness (QED) is 0.592. The zero-order chi connectivity index (χ0) is 18.0. The number of methoxy groups -OCH3 is 1. The van der Waals surface area contributed by atoms with Crippen molar-refractivity contribution >= 4 is 11.9 Å². The van der Waals surface area contributed by atoms with Gasteiger partial charge in [-0.15, -0.1) is 0 Å². The van der Waals surface area contributed by atoms with E-state index in [9.17, 15) is 4.79 Å². The summed E-state index contributed by atoms with van der Waals surface area (Å²) in [5.74, 6) is 2.08. The van der Waals surface area contributed by atoms with E-state index in [4.69, 9.17) is 14.2 Å². The molecule has 4 heteroatoms. The van der Waals surface area contributed by atoms with E-state index in [1.54, 1.807) is 19.3 Å². The number of benzene rings is 2. The molecule has 2 aromatic carbocycles. The first-order chi connectivity index (χ1) is 12.0. The highest BCUT2D eigenvalue weighted by molar-refractivity contribution is 6.15.